The highest BCUT2D eigenvalue weighted by atomic mass is 19.4. The van der Waals surface area contributed by atoms with Gasteiger partial charge in [0, 0.05) is 6.54 Å². The fourth-order valence-corrected chi connectivity index (χ4v) is 2.00. The van der Waals surface area contributed by atoms with Crippen LogP contribution in [-0.4, -0.2) is 51.0 Å². The number of nitrogens with one attached hydrogen (secondary N) is 1. The van der Waals surface area contributed by atoms with Crippen molar-refractivity contribution in [3.8, 4) is 0 Å². The molecule has 3 N–H and O–H groups in total. The van der Waals surface area contributed by atoms with Crippen molar-refractivity contribution >= 4 is 23.4 Å². The Balaban J connectivity index is 2.05. The van der Waals surface area contributed by atoms with Crippen LogP contribution in [-0.2, 0) is 4.79 Å². The van der Waals surface area contributed by atoms with Gasteiger partial charge in [0.05, 0.1) is 4.92 Å². The summed E-state index contributed by atoms with van der Waals surface area (Å²) < 4.78 is 36.9. The Morgan fingerprint density at radius 2 is 2.23 bits per heavy atom. The van der Waals surface area contributed by atoms with E-state index in [1.807, 2.05) is 0 Å². The molecule has 1 unspecified atom stereocenters. The summed E-state index contributed by atoms with van der Waals surface area (Å²) in [5.41, 5.74) is 4.87. The molecule has 1 aliphatic heterocycles. The number of aromatic nitrogens is 2. The number of nitrogens with zero attached hydrogens (tertiary/aromatic N) is 4. The number of likely N-dealkylation sites (tertiary alicyclic amines) is 1. The number of carbonyl (C=O) groups is 1. The fraction of sp³-hybridized carbons (Fsp3) is 0.500. The summed E-state index contributed by atoms with van der Waals surface area (Å²) in [6, 6.07) is -0.928. The largest absolute Gasteiger partial charge is 0.406 e. The van der Waals surface area contributed by atoms with Crippen LogP contribution in [0.1, 0.15) is 6.42 Å². The lowest BCUT2D eigenvalue weighted by Crippen LogP contribution is -2.39. The number of nitrogens with two attached hydrogens (primary N) is 1. The first-order valence-electron chi connectivity index (χ1n) is 6.06. The lowest BCUT2D eigenvalue weighted by molar-refractivity contribution is -0.384. The molecular weight excluding hydrogens is 309 g/mol. The molecule has 0 aromatic carbocycles. The summed E-state index contributed by atoms with van der Waals surface area (Å²) in [6.45, 7) is -1.38. The minimum atomic E-state index is -4.47. The van der Waals surface area contributed by atoms with Crippen LogP contribution in [0.5, 0.6) is 0 Å². The van der Waals surface area contributed by atoms with Crippen molar-refractivity contribution in [2.45, 2.75) is 18.6 Å². The number of halogens is 3. The van der Waals surface area contributed by atoms with Gasteiger partial charge in [-0.05, 0) is 6.42 Å². The van der Waals surface area contributed by atoms with Gasteiger partial charge in [-0.1, -0.05) is 0 Å². The number of rotatable bonds is 4. The monoisotopic (exact) mass is 320 g/mol. The topological polar surface area (TPSA) is 127 Å². The number of nitrogen functional groups attached to an aromatic ring is 1. The molecule has 1 fully saturated rings. The average Bonchev–Trinajstić information content (AvgIpc) is 2.69. The highest BCUT2D eigenvalue weighted by molar-refractivity contribution is 5.86. The van der Waals surface area contributed by atoms with Gasteiger partial charge in [-0.25, -0.2) is 4.98 Å². The van der Waals surface area contributed by atoms with Crippen molar-refractivity contribution in [1.82, 2.24) is 14.9 Å². The van der Waals surface area contributed by atoms with Crippen LogP contribution in [0.15, 0.2) is 6.20 Å². The lowest BCUT2D eigenvalue weighted by atomic mass is 10.2. The number of amides is 1. The zero-order valence-electron chi connectivity index (χ0n) is 11.0. The molecule has 1 aromatic heterocycles. The molecule has 9 nitrogen and oxygen atoms in total. The normalized spacial score (nSPS) is 18.6. The van der Waals surface area contributed by atoms with E-state index in [0.29, 0.717) is 4.90 Å². The predicted octanol–water partition coefficient (Wildman–Crippen LogP) is 0.542. The zero-order chi connectivity index (χ0) is 16.5. The van der Waals surface area contributed by atoms with E-state index in [2.05, 4.69) is 15.3 Å². The Labute approximate surface area is 121 Å². The van der Waals surface area contributed by atoms with E-state index < -0.39 is 41.1 Å². The minimum absolute atomic E-state index is 0.0571. The summed E-state index contributed by atoms with van der Waals surface area (Å²) in [5.74, 6) is -1.30. The van der Waals surface area contributed by atoms with Crippen LogP contribution in [0.25, 0.3) is 0 Å². The van der Waals surface area contributed by atoms with Crippen molar-refractivity contribution in [2.24, 2.45) is 0 Å². The number of alkyl halides is 3. The molecule has 22 heavy (non-hydrogen) atoms. The van der Waals surface area contributed by atoms with Crippen molar-refractivity contribution in [3.05, 3.63) is 16.3 Å². The molecule has 1 aromatic rings. The van der Waals surface area contributed by atoms with Crippen molar-refractivity contribution in [2.75, 3.05) is 24.1 Å². The third-order valence-corrected chi connectivity index (χ3v) is 2.97. The Kier molecular flexibility index (Phi) is 4.01. The van der Waals surface area contributed by atoms with Crippen LogP contribution in [0.2, 0.25) is 0 Å². The van der Waals surface area contributed by atoms with E-state index in [-0.39, 0.29) is 18.9 Å². The smallest absolute Gasteiger partial charge is 0.378 e. The molecule has 120 valence electrons. The van der Waals surface area contributed by atoms with Gasteiger partial charge >= 0.3 is 11.9 Å². The number of carbonyl (C=O) groups excluding carboxylic acids is 1. The Morgan fingerprint density at radius 3 is 2.77 bits per heavy atom. The van der Waals surface area contributed by atoms with Crippen LogP contribution >= 0.6 is 0 Å². The van der Waals surface area contributed by atoms with Gasteiger partial charge in [0.15, 0.2) is 0 Å². The highest BCUT2D eigenvalue weighted by Gasteiger charge is 2.39. The van der Waals surface area contributed by atoms with E-state index in [1.54, 1.807) is 0 Å². The summed E-state index contributed by atoms with van der Waals surface area (Å²) in [7, 11) is 0. The molecule has 1 aliphatic rings. The van der Waals surface area contributed by atoms with E-state index in [0.717, 1.165) is 6.20 Å². The third-order valence-electron chi connectivity index (χ3n) is 2.97. The summed E-state index contributed by atoms with van der Waals surface area (Å²) in [4.78, 5) is 29.5. The average molecular weight is 320 g/mol. The summed E-state index contributed by atoms with van der Waals surface area (Å²) in [6.07, 6.45) is -3.48. The van der Waals surface area contributed by atoms with Crippen LogP contribution in [0, 0.1) is 10.1 Å². The summed E-state index contributed by atoms with van der Waals surface area (Å²) >= 11 is 0. The number of hydrogen-bond acceptors (Lipinski definition) is 7. The molecule has 2 heterocycles. The molecule has 0 saturated carbocycles. The number of hydrogen-bond donors (Lipinski definition) is 2. The summed E-state index contributed by atoms with van der Waals surface area (Å²) in [5, 5.41) is 13.1. The van der Waals surface area contributed by atoms with E-state index in [9.17, 15) is 28.1 Å². The molecule has 2 rings (SSSR count). The van der Waals surface area contributed by atoms with Crippen molar-refractivity contribution in [3.63, 3.8) is 0 Å². The molecule has 1 saturated heterocycles. The molecule has 0 spiro atoms. The second-order valence-corrected chi connectivity index (χ2v) is 4.58. The quantitative estimate of drug-likeness (QED) is 0.612. The van der Waals surface area contributed by atoms with E-state index in [4.69, 9.17) is 5.73 Å². The van der Waals surface area contributed by atoms with Crippen molar-refractivity contribution < 1.29 is 22.9 Å². The van der Waals surface area contributed by atoms with E-state index in [1.165, 1.54) is 0 Å². The highest BCUT2D eigenvalue weighted by Crippen LogP contribution is 2.23. The van der Waals surface area contributed by atoms with Gasteiger partial charge in [-0.15, -0.1) is 0 Å². The third kappa shape index (κ3) is 3.51. The first-order chi connectivity index (χ1) is 10.2. The molecule has 12 heteroatoms. The van der Waals surface area contributed by atoms with Gasteiger partial charge in [0.1, 0.15) is 18.8 Å². The van der Waals surface area contributed by atoms with Crippen LogP contribution in [0.3, 0.4) is 0 Å². The SMILES string of the molecule is Nc1nc(NC2CCN(CC(F)(F)F)C2=O)ncc1[N+](=O)[O-]. The Hall–Kier alpha value is -2.66. The Morgan fingerprint density at radius 1 is 1.55 bits per heavy atom. The predicted molar refractivity (Wildman–Crippen MR) is 67.8 cm³/mol. The maximum atomic E-state index is 12.3. The first-order valence-corrected chi connectivity index (χ1v) is 6.06. The fourth-order valence-electron chi connectivity index (χ4n) is 2.00. The molecule has 1 atom stereocenters. The molecular formula is C10H11F3N6O3. The Bertz CT molecular complexity index is 608. The van der Waals surface area contributed by atoms with Gasteiger partial charge in [-0.3, -0.25) is 14.9 Å². The van der Waals surface area contributed by atoms with Crippen LogP contribution in [0.4, 0.5) is 30.6 Å². The molecule has 1 amide bonds. The zero-order valence-corrected chi connectivity index (χ0v) is 11.0. The second kappa shape index (κ2) is 5.61. The molecule has 0 radical (unpaired) electrons. The molecule has 0 bridgehead atoms. The maximum Gasteiger partial charge on any atom is 0.406 e. The lowest BCUT2D eigenvalue weighted by Gasteiger charge is -2.18. The molecule has 0 aliphatic carbocycles. The van der Waals surface area contributed by atoms with Crippen molar-refractivity contribution in [1.29, 1.82) is 0 Å². The first kappa shape index (κ1) is 15.7. The van der Waals surface area contributed by atoms with Gasteiger partial charge < -0.3 is 16.0 Å². The maximum absolute atomic E-state index is 12.3. The second-order valence-electron chi connectivity index (χ2n) is 4.58. The van der Waals surface area contributed by atoms with Gasteiger partial charge in [0.25, 0.3) is 0 Å². The number of anilines is 2. The number of nitro groups is 1. The van der Waals surface area contributed by atoms with Crippen LogP contribution < -0.4 is 11.1 Å². The van der Waals surface area contributed by atoms with Gasteiger partial charge in [-0.2, -0.15) is 18.2 Å². The standard InChI is InChI=1S/C10H11F3N6O3/c11-10(12,13)4-18-2-1-5(8(18)20)16-9-15-3-6(19(21)22)7(14)17-9/h3,5H,1-2,4H2,(H3,14,15,16,17). The van der Waals surface area contributed by atoms with Gasteiger partial charge in [0.2, 0.25) is 17.7 Å². The van der Waals surface area contributed by atoms with E-state index >= 15 is 0 Å². The minimum Gasteiger partial charge on any atom is -0.378 e.